The average molecular weight is 301 g/mol. The van der Waals surface area contributed by atoms with Crippen LogP contribution in [0.2, 0.25) is 0 Å². The third-order valence-electron chi connectivity index (χ3n) is 3.47. The Morgan fingerprint density at radius 3 is 2.45 bits per heavy atom. The zero-order valence-corrected chi connectivity index (χ0v) is 13.1. The van der Waals surface area contributed by atoms with Gasteiger partial charge in [-0.3, -0.25) is 0 Å². The van der Waals surface area contributed by atoms with E-state index in [2.05, 4.69) is 19.8 Å². The van der Waals surface area contributed by atoms with Gasteiger partial charge < -0.3 is 9.84 Å². The summed E-state index contributed by atoms with van der Waals surface area (Å²) in [7, 11) is 0. The molecule has 2 N–H and O–H groups in total. The predicted octanol–water partition coefficient (Wildman–Crippen LogP) is 4.08. The second kappa shape index (κ2) is 6.00. The number of benzene rings is 1. The van der Waals surface area contributed by atoms with E-state index >= 15 is 0 Å². The predicted molar refractivity (Wildman–Crippen MR) is 83.1 cm³/mol. The van der Waals surface area contributed by atoms with E-state index in [4.69, 9.17) is 27.3 Å². The largest absolute Gasteiger partial charge is 0.486 e. The number of fused-ring (bicyclic) bond motifs is 1. The lowest BCUT2D eigenvalue weighted by atomic mass is 9.72. The second-order valence-corrected chi connectivity index (χ2v) is 6.37. The minimum Gasteiger partial charge on any atom is -0.486 e. The van der Waals surface area contributed by atoms with Gasteiger partial charge in [0.15, 0.2) is 0 Å². The van der Waals surface area contributed by atoms with E-state index in [1.54, 1.807) is 11.0 Å². The summed E-state index contributed by atoms with van der Waals surface area (Å²) < 4.78 is 5.98. The minimum atomic E-state index is -0.972. The molecule has 0 amide bonds. The van der Waals surface area contributed by atoms with Gasteiger partial charge in [0.2, 0.25) is 0 Å². The molecule has 1 aromatic carbocycles. The quantitative estimate of drug-likeness (QED) is 0.353. The van der Waals surface area contributed by atoms with Crippen LogP contribution in [-0.4, -0.2) is 16.7 Å². The number of hydrogen-bond donors (Lipinski definition) is 2. The monoisotopic (exact) mass is 301 g/mol. The van der Waals surface area contributed by atoms with Crippen LogP contribution in [-0.2, 0) is 5.41 Å². The lowest BCUT2D eigenvalue weighted by molar-refractivity contribution is 0.0528. The summed E-state index contributed by atoms with van der Waals surface area (Å²) in [5.41, 5.74) is 13.4. The number of carbonyl (C=O) groups is 1. The van der Waals surface area contributed by atoms with Crippen LogP contribution in [0.4, 0.5) is 0 Å². The normalized spacial score (nSPS) is 16.7. The van der Waals surface area contributed by atoms with Gasteiger partial charge in [-0.2, -0.15) is 0 Å². The molecular formula is C16H19N3O3. The molecule has 1 aromatic rings. The smallest absolute Gasteiger partial charge is 0.335 e. The molecule has 0 unspecified atom stereocenters. The summed E-state index contributed by atoms with van der Waals surface area (Å²) in [6.45, 7) is 8.20. The number of terminal acetylenes is 1. The van der Waals surface area contributed by atoms with Crippen molar-refractivity contribution in [2.24, 2.45) is 0 Å². The molecular weight excluding hydrogens is 282 g/mol. The van der Waals surface area contributed by atoms with Gasteiger partial charge in [-0.15, -0.1) is 12.0 Å². The van der Waals surface area contributed by atoms with Gasteiger partial charge in [0, 0.05) is 5.56 Å². The van der Waals surface area contributed by atoms with E-state index in [9.17, 15) is 4.79 Å². The second-order valence-electron chi connectivity index (χ2n) is 6.37. The highest BCUT2D eigenvalue weighted by atomic mass is 16.5. The summed E-state index contributed by atoms with van der Waals surface area (Å²) in [6.07, 6.45) is 6.30. The topological polar surface area (TPSA) is 107 Å². The maximum Gasteiger partial charge on any atom is 0.335 e. The Balaban J connectivity index is 0.000000745. The van der Waals surface area contributed by atoms with Crippen LogP contribution in [0.15, 0.2) is 12.1 Å². The van der Waals surface area contributed by atoms with Gasteiger partial charge in [0.05, 0.1) is 11.1 Å². The number of rotatable bonds is 1. The van der Waals surface area contributed by atoms with E-state index in [-0.39, 0.29) is 16.6 Å². The molecule has 6 nitrogen and oxygen atoms in total. The molecule has 1 aliphatic heterocycles. The van der Waals surface area contributed by atoms with Crippen LogP contribution < -0.4 is 4.74 Å². The number of aromatic carboxylic acids is 1. The van der Waals surface area contributed by atoms with Gasteiger partial charge in [-0.05, 0) is 48.3 Å². The number of hydrogen-bond acceptors (Lipinski definition) is 3. The first-order valence-electron chi connectivity index (χ1n) is 6.66. The van der Waals surface area contributed by atoms with Crippen LogP contribution in [0.1, 0.15) is 55.6 Å². The Morgan fingerprint density at radius 1 is 1.45 bits per heavy atom. The number of carboxylic acid groups (broad SMARTS) is 1. The Morgan fingerprint density at radius 2 is 2.00 bits per heavy atom. The van der Waals surface area contributed by atoms with Crippen molar-refractivity contribution in [2.45, 2.75) is 45.1 Å². The molecule has 116 valence electrons. The van der Waals surface area contributed by atoms with Crippen molar-refractivity contribution in [1.82, 2.24) is 0 Å². The molecule has 2 rings (SSSR count). The van der Waals surface area contributed by atoms with Crippen LogP contribution in [0, 0.1) is 17.9 Å². The molecule has 0 atom stereocenters. The molecule has 0 saturated carbocycles. The first-order chi connectivity index (χ1) is 10.1. The van der Waals surface area contributed by atoms with E-state index < -0.39 is 5.97 Å². The first-order valence-corrected chi connectivity index (χ1v) is 6.66. The van der Waals surface area contributed by atoms with Crippen molar-refractivity contribution in [3.8, 4) is 18.1 Å². The van der Waals surface area contributed by atoms with Crippen molar-refractivity contribution in [3.05, 3.63) is 39.3 Å². The van der Waals surface area contributed by atoms with E-state index in [0.717, 1.165) is 12.0 Å². The van der Waals surface area contributed by atoms with Gasteiger partial charge in [0.25, 0.3) is 0 Å². The number of ether oxygens (including phenoxy) is 1. The molecule has 1 aliphatic rings. The number of nitrogens with one attached hydrogen (secondary N) is 1. The summed E-state index contributed by atoms with van der Waals surface area (Å²) in [6, 6.07) is 3.17. The highest BCUT2D eigenvalue weighted by molar-refractivity contribution is 5.89. The molecule has 1 heterocycles. The van der Waals surface area contributed by atoms with E-state index in [0.29, 0.717) is 11.3 Å². The van der Waals surface area contributed by atoms with Gasteiger partial charge >= 0.3 is 5.97 Å². The number of carboxylic acids is 1. The van der Waals surface area contributed by atoms with Crippen molar-refractivity contribution in [1.29, 1.82) is 5.53 Å². The third-order valence-corrected chi connectivity index (χ3v) is 3.47. The Hall–Kier alpha value is -2.64. The first kappa shape index (κ1) is 17.4. The maximum atomic E-state index is 11.2. The van der Waals surface area contributed by atoms with Crippen LogP contribution in [0.25, 0.3) is 10.4 Å². The Kier molecular flexibility index (Phi) is 4.75. The fraction of sp³-hybridized carbons (Fsp3) is 0.438. The van der Waals surface area contributed by atoms with Crippen LogP contribution in [0.3, 0.4) is 0 Å². The van der Waals surface area contributed by atoms with Gasteiger partial charge in [0.1, 0.15) is 11.4 Å². The lowest BCUT2D eigenvalue weighted by Gasteiger charge is -2.43. The molecule has 0 aliphatic carbocycles. The molecule has 0 fully saturated rings. The van der Waals surface area contributed by atoms with Crippen molar-refractivity contribution >= 4 is 5.97 Å². The zero-order valence-electron chi connectivity index (χ0n) is 13.1. The standard InChI is InChI=1S/C16H18O3.HN3/c1-6-10-7-11(14(17)18)8-12-13(10)19-16(4,5)9-15(12,2)3;1-3-2/h1,7-8H,9H2,2-5H3,(H,17,18);1H. The SMILES string of the molecule is C#Cc1cc(C(=O)O)cc2c1OC(C)(C)CC2(C)C.[N-]=[N+]=N. The maximum absolute atomic E-state index is 11.2. The summed E-state index contributed by atoms with van der Waals surface area (Å²) in [5, 5.41) is 9.17. The molecule has 0 radical (unpaired) electrons. The Bertz CT molecular complexity index is 679. The average Bonchev–Trinajstić information content (AvgIpc) is 2.36. The zero-order chi connectivity index (χ0) is 17.1. The molecule has 0 bridgehead atoms. The van der Waals surface area contributed by atoms with Crippen molar-refractivity contribution < 1.29 is 14.6 Å². The number of nitrogens with zero attached hydrogens (tertiary/aromatic N) is 2. The van der Waals surface area contributed by atoms with Crippen LogP contribution >= 0.6 is 0 Å². The van der Waals surface area contributed by atoms with Gasteiger partial charge in [-0.1, -0.05) is 19.8 Å². The van der Waals surface area contributed by atoms with Crippen molar-refractivity contribution in [3.63, 3.8) is 0 Å². The van der Waals surface area contributed by atoms with Gasteiger partial charge in [-0.25, -0.2) is 4.79 Å². The summed E-state index contributed by atoms with van der Waals surface area (Å²) in [5.74, 6) is 2.21. The summed E-state index contributed by atoms with van der Waals surface area (Å²) in [4.78, 5) is 12.9. The van der Waals surface area contributed by atoms with E-state index in [1.165, 1.54) is 6.07 Å². The molecule has 0 aromatic heterocycles. The lowest BCUT2D eigenvalue weighted by Crippen LogP contribution is -2.41. The Labute approximate surface area is 129 Å². The highest BCUT2D eigenvalue weighted by Gasteiger charge is 2.40. The third kappa shape index (κ3) is 3.51. The molecule has 22 heavy (non-hydrogen) atoms. The van der Waals surface area contributed by atoms with Crippen LogP contribution in [0.5, 0.6) is 5.75 Å². The minimum absolute atomic E-state index is 0.172. The fourth-order valence-electron chi connectivity index (χ4n) is 2.94. The van der Waals surface area contributed by atoms with E-state index in [1.807, 2.05) is 13.8 Å². The molecule has 6 heteroatoms. The fourth-order valence-corrected chi connectivity index (χ4v) is 2.94. The summed E-state index contributed by atoms with van der Waals surface area (Å²) >= 11 is 0. The molecule has 0 saturated heterocycles. The molecule has 0 spiro atoms. The highest BCUT2D eigenvalue weighted by Crippen LogP contribution is 2.46. The van der Waals surface area contributed by atoms with Crippen molar-refractivity contribution in [2.75, 3.05) is 0 Å².